The molecule has 4 nitrogen and oxygen atoms in total. The van der Waals surface area contributed by atoms with Crippen LogP contribution in [0.2, 0.25) is 0 Å². The van der Waals surface area contributed by atoms with Crippen molar-refractivity contribution in [3.63, 3.8) is 0 Å². The summed E-state index contributed by atoms with van der Waals surface area (Å²) in [5, 5.41) is 3.35. The van der Waals surface area contributed by atoms with E-state index in [9.17, 15) is 13.2 Å². The fourth-order valence-electron chi connectivity index (χ4n) is 3.95. The van der Waals surface area contributed by atoms with Crippen LogP contribution in [0.3, 0.4) is 0 Å². The summed E-state index contributed by atoms with van der Waals surface area (Å²) in [6.07, 6.45) is -4.71. The van der Waals surface area contributed by atoms with E-state index in [1.807, 2.05) is 54.6 Å². The Labute approximate surface area is 209 Å². The predicted octanol–water partition coefficient (Wildman–Crippen LogP) is 6.00. The predicted molar refractivity (Wildman–Crippen MR) is 131 cm³/mol. The van der Waals surface area contributed by atoms with Gasteiger partial charge in [-0.25, -0.2) is 0 Å². The number of benzene rings is 3. The van der Waals surface area contributed by atoms with Crippen LogP contribution in [0, 0.1) is 0 Å². The molecule has 184 valence electrons. The van der Waals surface area contributed by atoms with E-state index in [1.54, 1.807) is 12.1 Å². The van der Waals surface area contributed by atoms with Gasteiger partial charge in [-0.2, -0.15) is 0 Å². The summed E-state index contributed by atoms with van der Waals surface area (Å²) < 4.78 is 48.0. The molecule has 1 saturated heterocycles. The van der Waals surface area contributed by atoms with Crippen LogP contribution in [0.25, 0.3) is 0 Å². The largest absolute Gasteiger partial charge is 0.573 e. The number of alkyl halides is 3. The molecule has 1 aliphatic rings. The van der Waals surface area contributed by atoms with Crippen molar-refractivity contribution >= 4 is 24.8 Å². The molecule has 1 fully saturated rings. The first-order chi connectivity index (χ1) is 15.5. The SMILES string of the molecule is Cl.Cl.FC(F)(F)Oc1ccc([C@@H](c2ccccc2OCc2ccccc2)N2CCNCC2)cc1. The Morgan fingerprint density at radius 1 is 0.824 bits per heavy atom. The van der Waals surface area contributed by atoms with Crippen molar-refractivity contribution in [2.75, 3.05) is 26.2 Å². The van der Waals surface area contributed by atoms with Gasteiger partial charge >= 0.3 is 6.36 Å². The molecule has 1 aliphatic heterocycles. The Bertz CT molecular complexity index is 999. The maximum Gasteiger partial charge on any atom is 0.573 e. The zero-order chi connectivity index (χ0) is 22.4. The molecule has 0 amide bonds. The Kier molecular flexibility index (Phi) is 10.5. The van der Waals surface area contributed by atoms with Gasteiger partial charge in [0, 0.05) is 31.7 Å². The minimum atomic E-state index is -4.71. The van der Waals surface area contributed by atoms with Crippen molar-refractivity contribution in [2.45, 2.75) is 19.0 Å². The summed E-state index contributed by atoms with van der Waals surface area (Å²) in [6.45, 7) is 3.76. The van der Waals surface area contributed by atoms with E-state index >= 15 is 0 Å². The molecule has 0 unspecified atom stereocenters. The molecule has 34 heavy (non-hydrogen) atoms. The standard InChI is InChI=1S/C25H25F3N2O2.2ClH/c26-25(27,28)32-21-12-10-20(11-13-21)24(30-16-14-29-15-17-30)22-8-4-5-9-23(22)31-18-19-6-2-1-3-7-19;;/h1-13,24,29H,14-18H2;2*1H/t24-;;/m0../s1. The van der Waals surface area contributed by atoms with Gasteiger partial charge in [-0.1, -0.05) is 60.7 Å². The summed E-state index contributed by atoms with van der Waals surface area (Å²) in [4.78, 5) is 2.32. The molecule has 0 spiro atoms. The zero-order valence-corrected chi connectivity index (χ0v) is 20.0. The van der Waals surface area contributed by atoms with Crippen LogP contribution in [0.5, 0.6) is 11.5 Å². The minimum Gasteiger partial charge on any atom is -0.489 e. The fraction of sp³-hybridized carbons (Fsp3) is 0.280. The number of piperazine rings is 1. The number of nitrogens with zero attached hydrogens (tertiary/aromatic N) is 1. The highest BCUT2D eigenvalue weighted by Crippen LogP contribution is 2.36. The molecule has 0 aromatic heterocycles. The smallest absolute Gasteiger partial charge is 0.489 e. The third kappa shape index (κ3) is 7.53. The second-order valence-electron chi connectivity index (χ2n) is 7.62. The molecule has 1 N–H and O–H groups in total. The van der Waals surface area contributed by atoms with Crippen LogP contribution in [0.15, 0.2) is 78.9 Å². The molecule has 3 aromatic rings. The second kappa shape index (κ2) is 12.9. The lowest BCUT2D eigenvalue weighted by atomic mass is 9.95. The first-order valence-electron chi connectivity index (χ1n) is 10.6. The van der Waals surface area contributed by atoms with Gasteiger partial charge in [-0.05, 0) is 29.3 Å². The Balaban J connectivity index is 0.00000204. The van der Waals surface area contributed by atoms with E-state index in [1.165, 1.54) is 12.1 Å². The van der Waals surface area contributed by atoms with E-state index < -0.39 is 6.36 Å². The molecule has 1 heterocycles. The lowest BCUT2D eigenvalue weighted by Crippen LogP contribution is -2.45. The zero-order valence-electron chi connectivity index (χ0n) is 18.3. The van der Waals surface area contributed by atoms with Gasteiger partial charge in [-0.15, -0.1) is 38.0 Å². The van der Waals surface area contributed by atoms with Crippen molar-refractivity contribution < 1.29 is 22.6 Å². The molecule has 0 aliphatic carbocycles. The molecule has 1 atom stereocenters. The fourth-order valence-corrected chi connectivity index (χ4v) is 3.95. The lowest BCUT2D eigenvalue weighted by molar-refractivity contribution is -0.274. The Hall–Kier alpha value is -2.45. The summed E-state index contributed by atoms with van der Waals surface area (Å²) in [7, 11) is 0. The Morgan fingerprint density at radius 2 is 1.44 bits per heavy atom. The number of nitrogens with one attached hydrogen (secondary N) is 1. The van der Waals surface area contributed by atoms with E-state index in [2.05, 4.69) is 15.0 Å². The highest BCUT2D eigenvalue weighted by atomic mass is 35.5. The van der Waals surface area contributed by atoms with Gasteiger partial charge in [0.1, 0.15) is 18.1 Å². The number of rotatable bonds is 7. The summed E-state index contributed by atoms with van der Waals surface area (Å²) in [5.41, 5.74) is 2.93. The number of para-hydroxylation sites is 1. The van der Waals surface area contributed by atoms with Gasteiger partial charge in [0.2, 0.25) is 0 Å². The van der Waals surface area contributed by atoms with Gasteiger partial charge in [0.05, 0.1) is 6.04 Å². The van der Waals surface area contributed by atoms with E-state index in [0.29, 0.717) is 6.61 Å². The van der Waals surface area contributed by atoms with Gasteiger partial charge in [-0.3, -0.25) is 4.90 Å². The maximum atomic E-state index is 12.6. The number of ether oxygens (including phenoxy) is 2. The van der Waals surface area contributed by atoms with Crippen molar-refractivity contribution in [3.05, 3.63) is 95.6 Å². The monoisotopic (exact) mass is 514 g/mol. The third-order valence-corrected chi connectivity index (χ3v) is 5.40. The first-order valence-corrected chi connectivity index (χ1v) is 10.6. The normalized spacial score (nSPS) is 14.9. The highest BCUT2D eigenvalue weighted by Gasteiger charge is 2.31. The van der Waals surface area contributed by atoms with E-state index in [0.717, 1.165) is 48.6 Å². The van der Waals surface area contributed by atoms with Crippen molar-refractivity contribution in [2.24, 2.45) is 0 Å². The van der Waals surface area contributed by atoms with Crippen molar-refractivity contribution in [3.8, 4) is 11.5 Å². The number of hydrogen-bond donors (Lipinski definition) is 1. The lowest BCUT2D eigenvalue weighted by Gasteiger charge is -2.36. The van der Waals surface area contributed by atoms with Crippen LogP contribution in [-0.4, -0.2) is 37.4 Å². The van der Waals surface area contributed by atoms with Crippen LogP contribution >= 0.6 is 24.8 Å². The Morgan fingerprint density at radius 3 is 2.09 bits per heavy atom. The van der Waals surface area contributed by atoms with Gasteiger partial charge in [0.25, 0.3) is 0 Å². The third-order valence-electron chi connectivity index (χ3n) is 5.40. The molecular weight excluding hydrogens is 488 g/mol. The molecule has 0 bridgehead atoms. The molecule has 4 rings (SSSR count). The number of hydrogen-bond acceptors (Lipinski definition) is 4. The summed E-state index contributed by atoms with van der Waals surface area (Å²) in [6, 6.07) is 23.7. The van der Waals surface area contributed by atoms with Crippen LogP contribution < -0.4 is 14.8 Å². The van der Waals surface area contributed by atoms with Crippen molar-refractivity contribution in [1.82, 2.24) is 10.2 Å². The summed E-state index contributed by atoms with van der Waals surface area (Å²) >= 11 is 0. The molecule has 3 aromatic carbocycles. The average molecular weight is 515 g/mol. The summed E-state index contributed by atoms with van der Waals surface area (Å²) in [5.74, 6) is 0.532. The second-order valence-corrected chi connectivity index (χ2v) is 7.62. The topological polar surface area (TPSA) is 33.7 Å². The van der Waals surface area contributed by atoms with Gasteiger partial charge in [0.15, 0.2) is 0 Å². The molecule has 0 radical (unpaired) electrons. The van der Waals surface area contributed by atoms with E-state index in [-0.39, 0.29) is 36.6 Å². The maximum absolute atomic E-state index is 12.6. The molecular formula is C25H27Cl2F3N2O2. The average Bonchev–Trinajstić information content (AvgIpc) is 2.80. The minimum absolute atomic E-state index is 0. The van der Waals surface area contributed by atoms with Crippen LogP contribution in [0.4, 0.5) is 13.2 Å². The first kappa shape index (κ1) is 27.8. The van der Waals surface area contributed by atoms with Crippen molar-refractivity contribution in [1.29, 1.82) is 0 Å². The van der Waals surface area contributed by atoms with Crippen LogP contribution in [-0.2, 0) is 6.61 Å². The molecule has 0 saturated carbocycles. The van der Waals surface area contributed by atoms with Crippen LogP contribution in [0.1, 0.15) is 22.7 Å². The van der Waals surface area contributed by atoms with E-state index in [4.69, 9.17) is 4.74 Å². The number of halogens is 5. The highest BCUT2D eigenvalue weighted by molar-refractivity contribution is 5.85. The van der Waals surface area contributed by atoms with Gasteiger partial charge < -0.3 is 14.8 Å². The quantitative estimate of drug-likeness (QED) is 0.419. The molecule has 9 heteroatoms.